The summed E-state index contributed by atoms with van der Waals surface area (Å²) >= 11 is 2.86. The van der Waals surface area contributed by atoms with Gasteiger partial charge in [-0.05, 0) is 20.9 Å². The highest BCUT2D eigenvalue weighted by atomic mass is 79.9. The Labute approximate surface area is 79.6 Å². The molecule has 1 aromatic rings. The minimum atomic E-state index is -2.66. The number of alkyl halides is 2. The Balaban J connectivity index is 2.97. The van der Waals surface area contributed by atoms with Crippen molar-refractivity contribution in [3.05, 3.63) is 20.8 Å². The third kappa shape index (κ3) is 2.44. The summed E-state index contributed by atoms with van der Waals surface area (Å²) in [6, 6.07) is 1.07. The van der Waals surface area contributed by atoms with Gasteiger partial charge in [0.2, 0.25) is 0 Å². The van der Waals surface area contributed by atoms with Crippen LogP contribution in [0.15, 0.2) is 10.7 Å². The van der Waals surface area contributed by atoms with Crippen LogP contribution in [0.1, 0.15) is 0 Å². The van der Waals surface area contributed by atoms with Gasteiger partial charge in [-0.25, -0.2) is 8.78 Å². The van der Waals surface area contributed by atoms with E-state index in [2.05, 4.69) is 21.0 Å². The molecule has 5 nitrogen and oxygen atoms in total. The summed E-state index contributed by atoms with van der Waals surface area (Å²) < 4.78 is 24.6. The fourth-order valence-corrected chi connectivity index (χ4v) is 1.18. The topological polar surface area (TPSA) is 61.0 Å². The predicted octanol–water partition coefficient (Wildman–Crippen LogP) is 1.82. The standard InChI is InChI=1S/C5H4BrF2N3O2/c6-3-1-5(11(12)13)10(9-3)2-4(7)8/h1,4H,2H2. The average molecular weight is 256 g/mol. The van der Waals surface area contributed by atoms with Gasteiger partial charge < -0.3 is 10.1 Å². The fourth-order valence-electron chi connectivity index (χ4n) is 0.788. The molecule has 0 saturated heterocycles. The molecule has 0 aromatic carbocycles. The zero-order valence-electron chi connectivity index (χ0n) is 6.15. The predicted molar refractivity (Wildman–Crippen MR) is 42.6 cm³/mol. The monoisotopic (exact) mass is 255 g/mol. The molecule has 1 rings (SSSR count). The van der Waals surface area contributed by atoms with Crippen LogP contribution in [-0.2, 0) is 6.54 Å². The minimum Gasteiger partial charge on any atom is -0.358 e. The first kappa shape index (κ1) is 10.0. The Morgan fingerprint density at radius 2 is 2.38 bits per heavy atom. The highest BCUT2D eigenvalue weighted by Gasteiger charge is 2.20. The molecule has 0 atom stereocenters. The lowest BCUT2D eigenvalue weighted by molar-refractivity contribution is -0.393. The lowest BCUT2D eigenvalue weighted by Gasteiger charge is -1.96. The number of aromatic nitrogens is 2. The van der Waals surface area contributed by atoms with Crippen LogP contribution in [0.25, 0.3) is 0 Å². The van der Waals surface area contributed by atoms with E-state index in [4.69, 9.17) is 0 Å². The number of rotatable bonds is 3. The Morgan fingerprint density at radius 1 is 1.77 bits per heavy atom. The fraction of sp³-hybridized carbons (Fsp3) is 0.400. The average Bonchev–Trinajstić information content (AvgIpc) is 2.29. The number of nitro groups is 1. The quantitative estimate of drug-likeness (QED) is 0.612. The van der Waals surface area contributed by atoms with Gasteiger partial charge in [0.1, 0.15) is 0 Å². The van der Waals surface area contributed by atoms with Crippen molar-refractivity contribution in [2.75, 3.05) is 0 Å². The summed E-state index contributed by atoms with van der Waals surface area (Å²) in [6.45, 7) is -0.776. The molecule has 0 spiro atoms. The number of hydrogen-bond acceptors (Lipinski definition) is 3. The molecule has 0 amide bonds. The van der Waals surface area contributed by atoms with E-state index in [-0.39, 0.29) is 4.60 Å². The molecule has 0 aliphatic heterocycles. The molecule has 0 saturated carbocycles. The van der Waals surface area contributed by atoms with Crippen LogP contribution >= 0.6 is 15.9 Å². The smallest absolute Gasteiger partial charge is 0.346 e. The van der Waals surface area contributed by atoms with Crippen molar-refractivity contribution >= 4 is 21.7 Å². The number of halogens is 3. The minimum absolute atomic E-state index is 0.167. The van der Waals surface area contributed by atoms with Crippen molar-refractivity contribution < 1.29 is 13.7 Å². The normalized spacial score (nSPS) is 10.8. The second kappa shape index (κ2) is 3.77. The van der Waals surface area contributed by atoms with Crippen molar-refractivity contribution in [1.82, 2.24) is 9.78 Å². The second-order valence-electron chi connectivity index (χ2n) is 2.16. The van der Waals surface area contributed by atoms with Crippen LogP contribution in [0, 0.1) is 10.1 Å². The van der Waals surface area contributed by atoms with Gasteiger partial charge in [0, 0.05) is 0 Å². The summed E-state index contributed by atoms with van der Waals surface area (Å²) in [6.07, 6.45) is -2.66. The van der Waals surface area contributed by atoms with Gasteiger partial charge >= 0.3 is 5.82 Å². The summed E-state index contributed by atoms with van der Waals surface area (Å²) in [7, 11) is 0. The van der Waals surface area contributed by atoms with Crippen LogP contribution in [0.2, 0.25) is 0 Å². The van der Waals surface area contributed by atoms with Gasteiger partial charge in [0.05, 0.1) is 6.07 Å². The molecule has 72 valence electrons. The molecular formula is C5H4BrF2N3O2. The molecule has 8 heteroatoms. The zero-order valence-corrected chi connectivity index (χ0v) is 7.74. The van der Waals surface area contributed by atoms with Crippen molar-refractivity contribution in [2.24, 2.45) is 0 Å². The van der Waals surface area contributed by atoms with Gasteiger partial charge in [0.15, 0.2) is 11.1 Å². The first-order chi connectivity index (χ1) is 6.00. The van der Waals surface area contributed by atoms with E-state index in [1.54, 1.807) is 0 Å². The van der Waals surface area contributed by atoms with Gasteiger partial charge in [-0.1, -0.05) is 5.10 Å². The number of nitrogens with zero attached hydrogens (tertiary/aromatic N) is 3. The molecule has 13 heavy (non-hydrogen) atoms. The molecule has 0 bridgehead atoms. The van der Waals surface area contributed by atoms with E-state index in [1.807, 2.05) is 0 Å². The third-order valence-electron chi connectivity index (χ3n) is 1.23. The first-order valence-corrected chi connectivity index (χ1v) is 3.96. The van der Waals surface area contributed by atoms with Crippen molar-refractivity contribution in [1.29, 1.82) is 0 Å². The zero-order chi connectivity index (χ0) is 10.0. The van der Waals surface area contributed by atoms with Crippen LogP contribution in [-0.4, -0.2) is 21.1 Å². The summed E-state index contributed by atoms with van der Waals surface area (Å²) in [5, 5.41) is 13.8. The van der Waals surface area contributed by atoms with E-state index in [1.165, 1.54) is 0 Å². The SMILES string of the molecule is O=[N+]([O-])c1cc(Br)nn1CC(F)F. The maximum Gasteiger partial charge on any atom is 0.346 e. The van der Waals surface area contributed by atoms with E-state index in [0.717, 1.165) is 6.07 Å². The van der Waals surface area contributed by atoms with Crippen molar-refractivity contribution in [3.63, 3.8) is 0 Å². The van der Waals surface area contributed by atoms with Crippen LogP contribution < -0.4 is 0 Å². The molecule has 0 N–H and O–H groups in total. The molecule has 0 aliphatic carbocycles. The summed E-state index contributed by atoms with van der Waals surface area (Å²) in [5.41, 5.74) is 0. The molecule has 0 unspecified atom stereocenters. The lowest BCUT2D eigenvalue weighted by atomic mass is 10.6. The van der Waals surface area contributed by atoms with E-state index in [0.29, 0.717) is 4.68 Å². The van der Waals surface area contributed by atoms with E-state index < -0.39 is 23.7 Å². The molecule has 0 radical (unpaired) electrons. The largest absolute Gasteiger partial charge is 0.358 e. The molecule has 0 aliphatic rings. The Bertz CT molecular complexity index is 328. The maximum atomic E-state index is 11.9. The Morgan fingerprint density at radius 3 is 2.85 bits per heavy atom. The van der Waals surface area contributed by atoms with Crippen LogP contribution in [0.3, 0.4) is 0 Å². The van der Waals surface area contributed by atoms with Crippen LogP contribution in [0.5, 0.6) is 0 Å². The second-order valence-corrected chi connectivity index (χ2v) is 2.97. The van der Waals surface area contributed by atoms with Gasteiger partial charge in [-0.15, -0.1) is 4.68 Å². The molecule has 1 heterocycles. The Kier molecular flexibility index (Phi) is 2.91. The lowest BCUT2D eigenvalue weighted by Crippen LogP contribution is -2.10. The van der Waals surface area contributed by atoms with Crippen molar-refractivity contribution in [3.8, 4) is 0 Å². The highest BCUT2D eigenvalue weighted by Crippen LogP contribution is 2.18. The maximum absolute atomic E-state index is 11.9. The van der Waals surface area contributed by atoms with Gasteiger partial charge in [-0.2, -0.15) is 0 Å². The molecule has 0 fully saturated rings. The molecular weight excluding hydrogens is 252 g/mol. The Hall–Kier alpha value is -1.05. The highest BCUT2D eigenvalue weighted by molar-refractivity contribution is 9.10. The van der Waals surface area contributed by atoms with Gasteiger partial charge in [0.25, 0.3) is 6.43 Å². The first-order valence-electron chi connectivity index (χ1n) is 3.16. The number of hydrogen-bond donors (Lipinski definition) is 0. The van der Waals surface area contributed by atoms with E-state index >= 15 is 0 Å². The third-order valence-corrected chi connectivity index (χ3v) is 1.61. The van der Waals surface area contributed by atoms with E-state index in [9.17, 15) is 18.9 Å². The molecule has 1 aromatic heterocycles. The van der Waals surface area contributed by atoms with Crippen molar-refractivity contribution in [2.45, 2.75) is 13.0 Å². The van der Waals surface area contributed by atoms with Gasteiger partial charge in [-0.3, -0.25) is 0 Å². The summed E-state index contributed by atoms with van der Waals surface area (Å²) in [5.74, 6) is -0.452. The van der Waals surface area contributed by atoms with Crippen LogP contribution in [0.4, 0.5) is 14.6 Å². The summed E-state index contributed by atoms with van der Waals surface area (Å²) in [4.78, 5) is 9.53.